The molecule has 6 heteroatoms. The van der Waals surface area contributed by atoms with Crippen LogP contribution in [-0.2, 0) is 6.42 Å². The normalized spacial score (nSPS) is 10.5. The van der Waals surface area contributed by atoms with Crippen LogP contribution in [0.2, 0.25) is 0 Å². The molecule has 0 saturated heterocycles. The van der Waals surface area contributed by atoms with Gasteiger partial charge in [0.05, 0.1) is 0 Å². The van der Waals surface area contributed by atoms with Gasteiger partial charge >= 0.3 is 0 Å². The Bertz CT molecular complexity index is 543. The molecule has 3 N–H and O–H groups in total. The Hall–Kier alpha value is -1.66. The Morgan fingerprint density at radius 2 is 1.84 bits per heavy atom. The predicted molar refractivity (Wildman–Crippen MR) is 77.1 cm³/mol. The van der Waals surface area contributed by atoms with Crippen LogP contribution >= 0.6 is 11.8 Å². The first-order chi connectivity index (χ1) is 9.10. The predicted octanol–water partition coefficient (Wildman–Crippen LogP) is 2.49. The van der Waals surface area contributed by atoms with Crippen LogP contribution in [0.4, 0.5) is 5.82 Å². The number of hydrazine groups is 1. The van der Waals surface area contributed by atoms with E-state index < -0.39 is 0 Å². The van der Waals surface area contributed by atoms with Crippen molar-refractivity contribution in [1.82, 2.24) is 15.0 Å². The highest BCUT2D eigenvalue weighted by Crippen LogP contribution is 2.26. The summed E-state index contributed by atoms with van der Waals surface area (Å²) in [6.45, 7) is 6.06. The molecule has 2 aromatic rings. The molecule has 0 aromatic carbocycles. The molecule has 0 unspecified atom stereocenters. The van der Waals surface area contributed by atoms with Gasteiger partial charge in [0.15, 0.2) is 0 Å². The van der Waals surface area contributed by atoms with Gasteiger partial charge in [-0.1, -0.05) is 6.92 Å². The molecule has 0 aliphatic carbocycles. The van der Waals surface area contributed by atoms with Crippen LogP contribution in [0.3, 0.4) is 0 Å². The molecule has 0 bridgehead atoms. The van der Waals surface area contributed by atoms with Crippen LogP contribution in [0.5, 0.6) is 0 Å². The lowest BCUT2D eigenvalue weighted by Crippen LogP contribution is -2.10. The summed E-state index contributed by atoms with van der Waals surface area (Å²) in [6, 6.07) is 5.92. The minimum absolute atomic E-state index is 0.624. The number of pyridine rings is 1. The van der Waals surface area contributed by atoms with Crippen molar-refractivity contribution in [2.45, 2.75) is 37.2 Å². The number of hydrogen-bond acceptors (Lipinski definition) is 6. The van der Waals surface area contributed by atoms with Crippen LogP contribution < -0.4 is 11.3 Å². The van der Waals surface area contributed by atoms with Gasteiger partial charge in [-0.25, -0.2) is 20.8 Å². The second-order valence-corrected chi connectivity index (χ2v) is 5.27. The third-order valence-corrected chi connectivity index (χ3v) is 3.33. The van der Waals surface area contributed by atoms with Crippen LogP contribution in [-0.4, -0.2) is 15.0 Å². The molecule has 0 amide bonds. The smallest absolute Gasteiger partial charge is 0.144 e. The van der Waals surface area contributed by atoms with E-state index in [0.717, 1.165) is 28.0 Å². The van der Waals surface area contributed by atoms with Crippen LogP contribution in [0, 0.1) is 13.8 Å². The molecule has 0 spiro atoms. The maximum atomic E-state index is 5.42. The molecular weight excluding hydrogens is 258 g/mol. The lowest BCUT2D eigenvalue weighted by molar-refractivity contribution is 0.886. The summed E-state index contributed by atoms with van der Waals surface area (Å²) >= 11 is 1.52. The first-order valence-corrected chi connectivity index (χ1v) is 6.90. The van der Waals surface area contributed by atoms with Gasteiger partial charge in [0.2, 0.25) is 0 Å². The summed E-state index contributed by atoms with van der Waals surface area (Å²) < 4.78 is 0. The zero-order valence-electron chi connectivity index (χ0n) is 11.3. The first-order valence-electron chi connectivity index (χ1n) is 6.08. The number of nitrogens with one attached hydrogen (secondary N) is 1. The number of nitrogens with zero attached hydrogens (tertiary/aromatic N) is 3. The average molecular weight is 275 g/mol. The van der Waals surface area contributed by atoms with Gasteiger partial charge in [0.25, 0.3) is 0 Å². The Morgan fingerprint density at radius 1 is 1.11 bits per heavy atom. The largest absolute Gasteiger partial charge is 0.308 e. The van der Waals surface area contributed by atoms with Gasteiger partial charge in [-0.15, -0.1) is 0 Å². The number of aromatic nitrogens is 3. The summed E-state index contributed by atoms with van der Waals surface area (Å²) in [5, 5.41) is 1.78. The molecule has 2 heterocycles. The Balaban J connectivity index is 2.31. The van der Waals surface area contributed by atoms with Gasteiger partial charge in [-0.2, -0.15) is 0 Å². The highest BCUT2D eigenvalue weighted by molar-refractivity contribution is 7.99. The quantitative estimate of drug-likeness (QED) is 0.507. The molecule has 0 fully saturated rings. The molecule has 19 heavy (non-hydrogen) atoms. The lowest BCUT2D eigenvalue weighted by Gasteiger charge is -2.07. The van der Waals surface area contributed by atoms with Gasteiger partial charge < -0.3 is 5.43 Å². The first kappa shape index (κ1) is 13.8. The van der Waals surface area contributed by atoms with Gasteiger partial charge in [0, 0.05) is 18.2 Å². The van der Waals surface area contributed by atoms with E-state index in [4.69, 9.17) is 5.84 Å². The van der Waals surface area contributed by atoms with Crippen molar-refractivity contribution < 1.29 is 0 Å². The summed E-state index contributed by atoms with van der Waals surface area (Å²) in [7, 11) is 0. The fourth-order valence-corrected chi connectivity index (χ4v) is 2.69. The third-order valence-electron chi connectivity index (χ3n) is 2.50. The Morgan fingerprint density at radius 3 is 2.47 bits per heavy atom. The molecule has 0 saturated carbocycles. The maximum Gasteiger partial charge on any atom is 0.144 e. The Labute approximate surface area is 117 Å². The van der Waals surface area contributed by atoms with E-state index in [1.807, 2.05) is 32.0 Å². The minimum Gasteiger partial charge on any atom is -0.308 e. The number of nitrogens with two attached hydrogens (primary N) is 1. The van der Waals surface area contributed by atoms with E-state index in [1.54, 1.807) is 0 Å². The monoisotopic (exact) mass is 275 g/mol. The molecular formula is C13H17N5S. The highest BCUT2D eigenvalue weighted by atomic mass is 32.2. The van der Waals surface area contributed by atoms with Crippen LogP contribution in [0.25, 0.3) is 0 Å². The van der Waals surface area contributed by atoms with E-state index in [1.165, 1.54) is 17.3 Å². The third kappa shape index (κ3) is 3.65. The number of anilines is 1. The average Bonchev–Trinajstić information content (AvgIpc) is 2.37. The standard InChI is InChI=1S/C13H17N5S/c1-4-10-16-11(18-14)7-13(17-10)19-12-6-8(2)5-9(3)15-12/h5-7H,4,14H2,1-3H3,(H,16,17,18). The van der Waals surface area contributed by atoms with E-state index in [0.29, 0.717) is 5.82 Å². The molecule has 100 valence electrons. The fourth-order valence-electron chi connectivity index (χ4n) is 1.72. The molecule has 2 rings (SSSR count). The van der Waals surface area contributed by atoms with Gasteiger partial charge in [-0.3, -0.25) is 0 Å². The minimum atomic E-state index is 0.624. The number of rotatable bonds is 4. The topological polar surface area (TPSA) is 76.7 Å². The molecule has 0 aliphatic heterocycles. The molecule has 0 atom stereocenters. The summed E-state index contributed by atoms with van der Waals surface area (Å²) in [6.07, 6.45) is 0.767. The van der Waals surface area contributed by atoms with Gasteiger partial charge in [0.1, 0.15) is 21.7 Å². The zero-order chi connectivity index (χ0) is 13.8. The zero-order valence-corrected chi connectivity index (χ0v) is 12.1. The maximum absolute atomic E-state index is 5.42. The number of aryl methyl sites for hydroxylation is 3. The van der Waals surface area contributed by atoms with Crippen molar-refractivity contribution >= 4 is 17.6 Å². The highest BCUT2D eigenvalue weighted by Gasteiger charge is 2.06. The van der Waals surface area contributed by atoms with Crippen molar-refractivity contribution in [3.63, 3.8) is 0 Å². The summed E-state index contributed by atoms with van der Waals surface area (Å²) in [5.41, 5.74) is 4.76. The van der Waals surface area contributed by atoms with Gasteiger partial charge in [-0.05, 0) is 43.3 Å². The summed E-state index contributed by atoms with van der Waals surface area (Å²) in [5.74, 6) is 6.81. The van der Waals surface area contributed by atoms with Crippen LogP contribution in [0.15, 0.2) is 28.3 Å². The second-order valence-electron chi connectivity index (χ2n) is 4.23. The van der Waals surface area contributed by atoms with Crippen molar-refractivity contribution in [3.8, 4) is 0 Å². The molecule has 0 radical (unpaired) electrons. The van der Waals surface area contributed by atoms with Crippen molar-refractivity contribution in [3.05, 3.63) is 35.3 Å². The molecule has 5 nitrogen and oxygen atoms in total. The Kier molecular flexibility index (Phi) is 4.34. The number of nitrogen functional groups attached to an aromatic ring is 1. The molecule has 0 aliphatic rings. The van der Waals surface area contributed by atoms with E-state index in [2.05, 4.69) is 27.3 Å². The molecule has 2 aromatic heterocycles. The fraction of sp³-hybridized carbons (Fsp3) is 0.308. The van der Waals surface area contributed by atoms with Crippen molar-refractivity contribution in [2.24, 2.45) is 5.84 Å². The van der Waals surface area contributed by atoms with Crippen molar-refractivity contribution in [2.75, 3.05) is 5.43 Å². The summed E-state index contributed by atoms with van der Waals surface area (Å²) in [4.78, 5) is 13.2. The number of hydrogen-bond donors (Lipinski definition) is 2. The van der Waals surface area contributed by atoms with E-state index in [9.17, 15) is 0 Å². The van der Waals surface area contributed by atoms with Crippen molar-refractivity contribution in [1.29, 1.82) is 0 Å². The van der Waals surface area contributed by atoms with Crippen LogP contribution in [0.1, 0.15) is 24.0 Å². The SMILES string of the molecule is CCc1nc(NN)cc(Sc2cc(C)cc(C)n2)n1. The lowest BCUT2D eigenvalue weighted by atomic mass is 10.3. The second kappa shape index (κ2) is 5.99. The van der Waals surface area contributed by atoms with E-state index >= 15 is 0 Å². The van der Waals surface area contributed by atoms with E-state index in [-0.39, 0.29) is 0 Å².